The van der Waals surface area contributed by atoms with Crippen molar-refractivity contribution >= 4 is 11.9 Å². The highest BCUT2D eigenvalue weighted by Gasteiger charge is 2.20. The topological polar surface area (TPSA) is 63.6 Å². The number of hydrogen-bond donors (Lipinski definition) is 1. The van der Waals surface area contributed by atoms with Crippen molar-refractivity contribution in [1.82, 2.24) is 0 Å². The molecular formula is C14H26O4. The quantitative estimate of drug-likeness (QED) is 0.482. The summed E-state index contributed by atoms with van der Waals surface area (Å²) in [6.45, 7) is 6.36. The largest absolute Gasteiger partial charge is 0.481 e. The maximum Gasteiger partial charge on any atom is 0.308 e. The van der Waals surface area contributed by atoms with Crippen molar-refractivity contribution in [2.75, 3.05) is 6.61 Å². The van der Waals surface area contributed by atoms with Crippen LogP contribution in [0.1, 0.15) is 59.3 Å². The number of esters is 1. The number of aliphatic carboxylic acids is 1. The Hall–Kier alpha value is -1.06. The highest BCUT2D eigenvalue weighted by molar-refractivity contribution is 5.72. The summed E-state index contributed by atoms with van der Waals surface area (Å²) < 4.78 is 5.04. The third kappa shape index (κ3) is 8.09. The molecule has 2 atom stereocenters. The molecule has 4 heteroatoms. The molecule has 0 rings (SSSR count). The Kier molecular flexibility index (Phi) is 9.33. The molecular weight excluding hydrogens is 232 g/mol. The number of carbonyl (C=O) groups is 2. The molecule has 0 aliphatic heterocycles. The fourth-order valence-electron chi connectivity index (χ4n) is 2.06. The predicted molar refractivity (Wildman–Crippen MR) is 70.3 cm³/mol. The molecule has 0 radical (unpaired) electrons. The molecule has 1 N–H and O–H groups in total. The minimum absolute atomic E-state index is 0.0144. The molecule has 0 aliphatic rings. The van der Waals surface area contributed by atoms with Crippen molar-refractivity contribution in [2.24, 2.45) is 11.8 Å². The van der Waals surface area contributed by atoms with Gasteiger partial charge in [-0.1, -0.05) is 26.7 Å². The summed E-state index contributed by atoms with van der Waals surface area (Å²) >= 11 is 0. The van der Waals surface area contributed by atoms with Gasteiger partial charge in [0.15, 0.2) is 0 Å². The van der Waals surface area contributed by atoms with E-state index in [0.717, 1.165) is 32.1 Å². The third-order valence-electron chi connectivity index (χ3n) is 3.14. The number of carboxylic acid groups (broad SMARTS) is 1. The van der Waals surface area contributed by atoms with Gasteiger partial charge in [0.05, 0.1) is 12.5 Å². The second-order valence-corrected chi connectivity index (χ2v) is 4.84. The van der Waals surface area contributed by atoms with Crippen LogP contribution in [-0.4, -0.2) is 23.7 Å². The Morgan fingerprint density at radius 1 is 1.22 bits per heavy atom. The van der Waals surface area contributed by atoms with Crippen molar-refractivity contribution in [3.05, 3.63) is 0 Å². The molecule has 0 bridgehead atoms. The maximum atomic E-state index is 11.6. The molecule has 106 valence electrons. The summed E-state index contributed by atoms with van der Waals surface area (Å²) in [5.41, 5.74) is 0. The second kappa shape index (κ2) is 9.92. The Balaban J connectivity index is 3.85. The van der Waals surface area contributed by atoms with Crippen LogP contribution in [0.5, 0.6) is 0 Å². The van der Waals surface area contributed by atoms with E-state index in [9.17, 15) is 9.59 Å². The molecule has 0 aromatic carbocycles. The monoisotopic (exact) mass is 258 g/mol. The van der Waals surface area contributed by atoms with E-state index < -0.39 is 5.97 Å². The molecule has 0 saturated carbocycles. The number of carboxylic acids is 1. The first-order valence-corrected chi connectivity index (χ1v) is 6.89. The highest BCUT2D eigenvalue weighted by atomic mass is 16.5. The zero-order chi connectivity index (χ0) is 14.0. The predicted octanol–water partition coefficient (Wildman–Crippen LogP) is 3.25. The molecule has 0 spiro atoms. The van der Waals surface area contributed by atoms with Gasteiger partial charge in [-0.25, -0.2) is 0 Å². The number of hydrogen-bond acceptors (Lipinski definition) is 3. The summed E-state index contributed by atoms with van der Waals surface area (Å²) in [4.78, 5) is 22.0. The SMILES string of the molecule is CCOC(=O)C(CC)CC(C)CCCCC(=O)O. The van der Waals surface area contributed by atoms with Crippen molar-refractivity contribution < 1.29 is 19.4 Å². The molecule has 0 heterocycles. The van der Waals surface area contributed by atoms with Crippen molar-refractivity contribution in [3.8, 4) is 0 Å². The van der Waals surface area contributed by atoms with Gasteiger partial charge in [-0.05, 0) is 32.1 Å². The van der Waals surface area contributed by atoms with Crippen LogP contribution in [0.4, 0.5) is 0 Å². The van der Waals surface area contributed by atoms with E-state index in [1.54, 1.807) is 0 Å². The Bertz CT molecular complexity index is 250. The van der Waals surface area contributed by atoms with Gasteiger partial charge in [0.25, 0.3) is 0 Å². The Morgan fingerprint density at radius 3 is 2.39 bits per heavy atom. The molecule has 0 aliphatic carbocycles. The van der Waals surface area contributed by atoms with E-state index in [4.69, 9.17) is 9.84 Å². The van der Waals surface area contributed by atoms with E-state index in [2.05, 4.69) is 6.92 Å². The van der Waals surface area contributed by atoms with Crippen molar-refractivity contribution in [1.29, 1.82) is 0 Å². The van der Waals surface area contributed by atoms with E-state index in [1.807, 2.05) is 13.8 Å². The molecule has 4 nitrogen and oxygen atoms in total. The highest BCUT2D eigenvalue weighted by Crippen LogP contribution is 2.21. The number of carbonyl (C=O) groups excluding carboxylic acids is 1. The minimum Gasteiger partial charge on any atom is -0.481 e. The number of unbranched alkanes of at least 4 members (excludes halogenated alkanes) is 1. The van der Waals surface area contributed by atoms with Gasteiger partial charge in [-0.15, -0.1) is 0 Å². The summed E-state index contributed by atoms with van der Waals surface area (Å²) in [6.07, 6.45) is 4.48. The van der Waals surface area contributed by atoms with Crippen LogP contribution in [-0.2, 0) is 14.3 Å². The standard InChI is InChI=1S/C14H26O4/c1-4-12(14(17)18-5-2)10-11(3)8-6-7-9-13(15)16/h11-12H,4-10H2,1-3H3,(H,15,16). The molecule has 0 aromatic heterocycles. The lowest BCUT2D eigenvalue weighted by atomic mass is 9.90. The van der Waals surface area contributed by atoms with Crippen LogP contribution < -0.4 is 0 Å². The number of ether oxygens (including phenoxy) is 1. The van der Waals surface area contributed by atoms with Crippen molar-refractivity contribution in [3.63, 3.8) is 0 Å². The summed E-state index contributed by atoms with van der Waals surface area (Å²) in [6, 6.07) is 0. The smallest absolute Gasteiger partial charge is 0.308 e. The van der Waals surface area contributed by atoms with E-state index in [-0.39, 0.29) is 18.3 Å². The Morgan fingerprint density at radius 2 is 1.89 bits per heavy atom. The van der Waals surface area contributed by atoms with Crippen LogP contribution in [0.2, 0.25) is 0 Å². The first kappa shape index (κ1) is 16.9. The second-order valence-electron chi connectivity index (χ2n) is 4.84. The zero-order valence-electron chi connectivity index (χ0n) is 11.8. The first-order valence-electron chi connectivity index (χ1n) is 6.89. The van der Waals surface area contributed by atoms with Crippen molar-refractivity contribution in [2.45, 2.75) is 59.3 Å². The average Bonchev–Trinajstić information content (AvgIpc) is 2.31. The zero-order valence-corrected chi connectivity index (χ0v) is 11.8. The van der Waals surface area contributed by atoms with Crippen LogP contribution in [0, 0.1) is 11.8 Å². The lowest BCUT2D eigenvalue weighted by molar-refractivity contribution is -0.148. The minimum atomic E-state index is -0.736. The lowest BCUT2D eigenvalue weighted by Crippen LogP contribution is -2.19. The van der Waals surface area contributed by atoms with E-state index >= 15 is 0 Å². The molecule has 18 heavy (non-hydrogen) atoms. The van der Waals surface area contributed by atoms with Crippen LogP contribution in [0.3, 0.4) is 0 Å². The lowest BCUT2D eigenvalue weighted by Gasteiger charge is -2.18. The molecule has 0 fully saturated rings. The van der Waals surface area contributed by atoms with Crippen LogP contribution in [0.15, 0.2) is 0 Å². The fraction of sp³-hybridized carbons (Fsp3) is 0.857. The molecule has 0 saturated heterocycles. The van der Waals surface area contributed by atoms with Crippen LogP contribution >= 0.6 is 0 Å². The molecule has 2 unspecified atom stereocenters. The van der Waals surface area contributed by atoms with Crippen LogP contribution in [0.25, 0.3) is 0 Å². The van der Waals surface area contributed by atoms with Gasteiger partial charge in [0.2, 0.25) is 0 Å². The summed E-state index contributed by atoms with van der Waals surface area (Å²) in [7, 11) is 0. The van der Waals surface area contributed by atoms with Gasteiger partial charge in [-0.3, -0.25) is 9.59 Å². The third-order valence-corrected chi connectivity index (χ3v) is 3.14. The first-order chi connectivity index (χ1) is 8.51. The summed E-state index contributed by atoms with van der Waals surface area (Å²) in [5.74, 6) is -0.412. The van der Waals surface area contributed by atoms with Gasteiger partial charge >= 0.3 is 11.9 Å². The molecule has 0 aromatic rings. The molecule has 0 amide bonds. The van der Waals surface area contributed by atoms with E-state index in [1.165, 1.54) is 0 Å². The van der Waals surface area contributed by atoms with Gasteiger partial charge in [0, 0.05) is 6.42 Å². The maximum absolute atomic E-state index is 11.6. The van der Waals surface area contributed by atoms with Gasteiger partial charge in [0.1, 0.15) is 0 Å². The number of rotatable bonds is 10. The average molecular weight is 258 g/mol. The summed E-state index contributed by atoms with van der Waals surface area (Å²) in [5, 5.41) is 8.53. The van der Waals surface area contributed by atoms with Gasteiger partial charge in [-0.2, -0.15) is 0 Å². The van der Waals surface area contributed by atoms with E-state index in [0.29, 0.717) is 12.5 Å². The fourth-order valence-corrected chi connectivity index (χ4v) is 2.06. The normalized spacial score (nSPS) is 13.9. The van der Waals surface area contributed by atoms with Gasteiger partial charge < -0.3 is 9.84 Å². The Labute approximate surface area is 110 Å².